The summed E-state index contributed by atoms with van der Waals surface area (Å²) in [6.45, 7) is 0. The fraction of sp³-hybridized carbons (Fsp3) is 0.182. The molecule has 0 atom stereocenters. The number of H-pyrrole nitrogens is 1. The molecule has 0 aliphatic heterocycles. The Kier molecular flexibility index (Phi) is 4.31. The molecule has 150 valence electrons. The van der Waals surface area contributed by atoms with Crippen molar-refractivity contribution in [1.82, 2.24) is 25.5 Å². The molecule has 0 spiro atoms. The lowest BCUT2D eigenvalue weighted by Gasteiger charge is -2.09. The minimum Gasteiger partial charge on any atom is -0.496 e. The second-order valence-corrected chi connectivity index (χ2v) is 7.30. The van der Waals surface area contributed by atoms with Crippen LogP contribution < -0.4 is 15.8 Å². The number of amides is 1. The van der Waals surface area contributed by atoms with Gasteiger partial charge >= 0.3 is 0 Å². The molecule has 1 amide bonds. The number of fused-ring (bicyclic) bond motifs is 1. The van der Waals surface area contributed by atoms with Crippen molar-refractivity contribution in [3.05, 3.63) is 54.4 Å². The van der Waals surface area contributed by atoms with Crippen molar-refractivity contribution in [2.24, 2.45) is 0 Å². The first-order valence-corrected chi connectivity index (χ1v) is 9.68. The highest BCUT2D eigenvalue weighted by Crippen LogP contribution is 2.34. The molecule has 1 aromatic carbocycles. The van der Waals surface area contributed by atoms with Gasteiger partial charge in [0.2, 0.25) is 0 Å². The number of nitrogens with one attached hydrogen (secondary N) is 2. The van der Waals surface area contributed by atoms with E-state index in [9.17, 15) is 4.79 Å². The number of para-hydroxylation sites is 1. The van der Waals surface area contributed by atoms with Crippen LogP contribution in [-0.4, -0.2) is 39.2 Å². The van der Waals surface area contributed by atoms with Gasteiger partial charge in [0.05, 0.1) is 12.7 Å². The fourth-order valence-electron chi connectivity index (χ4n) is 3.41. The summed E-state index contributed by atoms with van der Waals surface area (Å²) in [5, 5.41) is 11.2. The highest BCUT2D eigenvalue weighted by molar-refractivity contribution is 6.00. The molecular weight excluding hydrogens is 380 g/mol. The van der Waals surface area contributed by atoms with Gasteiger partial charge in [-0.25, -0.2) is 9.97 Å². The maximum absolute atomic E-state index is 12.5. The Balaban J connectivity index is 1.58. The van der Waals surface area contributed by atoms with Gasteiger partial charge in [-0.2, -0.15) is 5.10 Å². The van der Waals surface area contributed by atoms with Gasteiger partial charge in [-0.15, -0.1) is 0 Å². The number of methoxy groups -OCH3 is 1. The molecule has 30 heavy (non-hydrogen) atoms. The third kappa shape index (κ3) is 3.22. The maximum atomic E-state index is 12.5. The molecule has 0 bridgehead atoms. The van der Waals surface area contributed by atoms with E-state index in [0.29, 0.717) is 11.2 Å². The van der Waals surface area contributed by atoms with Crippen LogP contribution in [0.15, 0.2) is 48.8 Å². The molecule has 1 aliphatic rings. The summed E-state index contributed by atoms with van der Waals surface area (Å²) >= 11 is 0. The van der Waals surface area contributed by atoms with Crippen LogP contribution in [0.25, 0.3) is 33.4 Å². The molecule has 4 N–H and O–H groups in total. The van der Waals surface area contributed by atoms with Gasteiger partial charge in [0, 0.05) is 40.5 Å². The number of aromatic amines is 1. The third-order valence-electron chi connectivity index (χ3n) is 5.19. The lowest BCUT2D eigenvalue weighted by molar-refractivity contribution is 0.0951. The average Bonchev–Trinajstić information content (AvgIpc) is 3.49. The molecule has 4 aromatic rings. The summed E-state index contributed by atoms with van der Waals surface area (Å²) in [5.41, 5.74) is 10.2. The van der Waals surface area contributed by atoms with E-state index in [4.69, 9.17) is 10.5 Å². The molecule has 5 rings (SSSR count). The first kappa shape index (κ1) is 18.1. The van der Waals surface area contributed by atoms with Gasteiger partial charge in [-0.05, 0) is 37.1 Å². The first-order valence-electron chi connectivity index (χ1n) is 9.68. The zero-order valence-electron chi connectivity index (χ0n) is 16.3. The lowest BCUT2D eigenvalue weighted by atomic mass is 10.0. The molecule has 0 unspecified atom stereocenters. The highest BCUT2D eigenvalue weighted by Gasteiger charge is 2.25. The second kappa shape index (κ2) is 7.14. The maximum Gasteiger partial charge on any atom is 0.255 e. The number of ether oxygens (including phenoxy) is 1. The molecule has 8 heteroatoms. The predicted molar refractivity (Wildman–Crippen MR) is 114 cm³/mol. The SMILES string of the molecule is COc1ccccc1-c1n[nH]c2ncc(-c3cnc(N)c(C(=O)NC4CC4)c3)cc12. The number of nitrogens with two attached hydrogens (primary N) is 1. The van der Waals surface area contributed by atoms with Crippen molar-refractivity contribution in [3.63, 3.8) is 0 Å². The number of rotatable bonds is 5. The van der Waals surface area contributed by atoms with Gasteiger partial charge < -0.3 is 15.8 Å². The smallest absolute Gasteiger partial charge is 0.255 e. The quantitative estimate of drug-likeness (QED) is 0.473. The zero-order chi connectivity index (χ0) is 20.7. The Morgan fingerprint density at radius 1 is 1.17 bits per heavy atom. The van der Waals surface area contributed by atoms with Crippen LogP contribution in [0.5, 0.6) is 5.75 Å². The summed E-state index contributed by atoms with van der Waals surface area (Å²) < 4.78 is 5.48. The number of hydrogen-bond acceptors (Lipinski definition) is 6. The number of hydrogen-bond donors (Lipinski definition) is 3. The van der Waals surface area contributed by atoms with Crippen molar-refractivity contribution in [2.75, 3.05) is 12.8 Å². The van der Waals surface area contributed by atoms with E-state index in [1.54, 1.807) is 25.6 Å². The normalized spacial score (nSPS) is 13.4. The molecule has 1 aliphatic carbocycles. The summed E-state index contributed by atoms with van der Waals surface area (Å²) in [6, 6.07) is 11.7. The number of nitrogens with zero attached hydrogens (tertiary/aromatic N) is 3. The molecule has 1 saturated carbocycles. The molecule has 3 aromatic heterocycles. The van der Waals surface area contributed by atoms with Crippen molar-refractivity contribution in [1.29, 1.82) is 0 Å². The summed E-state index contributed by atoms with van der Waals surface area (Å²) in [6.07, 6.45) is 5.38. The van der Waals surface area contributed by atoms with E-state index in [2.05, 4.69) is 25.5 Å². The number of carbonyl (C=O) groups excluding carboxylic acids is 1. The van der Waals surface area contributed by atoms with Crippen LogP contribution in [0, 0.1) is 0 Å². The van der Waals surface area contributed by atoms with E-state index in [1.165, 1.54) is 0 Å². The zero-order valence-corrected chi connectivity index (χ0v) is 16.3. The summed E-state index contributed by atoms with van der Waals surface area (Å²) in [7, 11) is 1.63. The van der Waals surface area contributed by atoms with Crippen molar-refractivity contribution in [2.45, 2.75) is 18.9 Å². The molecule has 0 radical (unpaired) electrons. The Morgan fingerprint density at radius 2 is 1.93 bits per heavy atom. The number of aromatic nitrogens is 4. The first-order chi connectivity index (χ1) is 14.6. The van der Waals surface area contributed by atoms with Crippen LogP contribution in [0.4, 0.5) is 5.82 Å². The average molecular weight is 400 g/mol. The third-order valence-corrected chi connectivity index (χ3v) is 5.19. The van der Waals surface area contributed by atoms with Crippen molar-refractivity contribution < 1.29 is 9.53 Å². The van der Waals surface area contributed by atoms with Crippen LogP contribution in [0.3, 0.4) is 0 Å². The Labute approximate surface area is 172 Å². The van der Waals surface area contributed by atoms with Crippen molar-refractivity contribution in [3.8, 4) is 28.1 Å². The molecule has 1 fully saturated rings. The van der Waals surface area contributed by atoms with Crippen LogP contribution in [0.2, 0.25) is 0 Å². The Hall–Kier alpha value is -3.94. The molecule has 0 saturated heterocycles. The highest BCUT2D eigenvalue weighted by atomic mass is 16.5. The predicted octanol–water partition coefficient (Wildman–Crippen LogP) is 3.17. The minimum atomic E-state index is -0.198. The van der Waals surface area contributed by atoms with E-state index in [0.717, 1.165) is 46.4 Å². The molecule has 8 nitrogen and oxygen atoms in total. The van der Waals surface area contributed by atoms with Crippen LogP contribution in [0.1, 0.15) is 23.2 Å². The van der Waals surface area contributed by atoms with E-state index < -0.39 is 0 Å². The van der Waals surface area contributed by atoms with Gasteiger partial charge in [0.15, 0.2) is 5.65 Å². The van der Waals surface area contributed by atoms with Crippen molar-refractivity contribution >= 4 is 22.8 Å². The number of pyridine rings is 2. The number of benzene rings is 1. The molecular formula is C22H20N6O2. The standard InChI is InChI=1S/C22H20N6O2/c1-30-18-5-3-2-4-15(18)19-16-8-12(11-25-21(16)28-27-19)13-9-17(20(23)24-10-13)22(29)26-14-6-7-14/h2-5,8-11,14H,6-7H2,1H3,(H2,23,24)(H,26,29)(H,25,27,28). The Morgan fingerprint density at radius 3 is 2.73 bits per heavy atom. The van der Waals surface area contributed by atoms with Gasteiger partial charge in [0.25, 0.3) is 5.91 Å². The topological polar surface area (TPSA) is 119 Å². The summed E-state index contributed by atoms with van der Waals surface area (Å²) in [5.74, 6) is 0.741. The van der Waals surface area contributed by atoms with Crippen LogP contribution >= 0.6 is 0 Å². The van der Waals surface area contributed by atoms with E-state index in [1.807, 2.05) is 30.3 Å². The Bertz CT molecular complexity index is 1260. The summed E-state index contributed by atoms with van der Waals surface area (Å²) in [4.78, 5) is 21.2. The van der Waals surface area contributed by atoms with Gasteiger partial charge in [-0.3, -0.25) is 9.89 Å². The lowest BCUT2D eigenvalue weighted by Crippen LogP contribution is -2.26. The van der Waals surface area contributed by atoms with E-state index in [-0.39, 0.29) is 17.8 Å². The number of nitrogen functional groups attached to an aromatic ring is 1. The largest absolute Gasteiger partial charge is 0.496 e. The van der Waals surface area contributed by atoms with Gasteiger partial charge in [-0.1, -0.05) is 12.1 Å². The number of carbonyl (C=O) groups is 1. The monoisotopic (exact) mass is 400 g/mol. The second-order valence-electron chi connectivity index (χ2n) is 7.30. The van der Waals surface area contributed by atoms with E-state index >= 15 is 0 Å². The van der Waals surface area contributed by atoms with Crippen LogP contribution in [-0.2, 0) is 0 Å². The fourth-order valence-corrected chi connectivity index (χ4v) is 3.41. The minimum absolute atomic E-state index is 0.198. The molecule has 3 heterocycles. The van der Waals surface area contributed by atoms with Gasteiger partial charge in [0.1, 0.15) is 17.3 Å². The number of anilines is 1.